The molecule has 2 rings (SSSR count). The van der Waals surface area contributed by atoms with Gasteiger partial charge in [0.05, 0.1) is 5.75 Å². The molecule has 27 heavy (non-hydrogen) atoms. The Kier molecular flexibility index (Phi) is 8.05. The Labute approximate surface area is 160 Å². The Morgan fingerprint density at radius 1 is 1.00 bits per heavy atom. The first-order valence-electron chi connectivity index (χ1n) is 9.21. The molecule has 1 fully saturated rings. The van der Waals surface area contributed by atoms with Crippen LogP contribution in [0.4, 0.5) is 4.79 Å². The predicted molar refractivity (Wildman–Crippen MR) is 103 cm³/mol. The minimum Gasteiger partial charge on any atom is -0.352 e. The molecule has 0 unspecified atom stereocenters. The number of carbonyl (C=O) groups is 2. The lowest BCUT2D eigenvalue weighted by atomic mass is 10.1. The quantitative estimate of drug-likeness (QED) is 0.604. The molecule has 9 heteroatoms. The van der Waals surface area contributed by atoms with Gasteiger partial charge >= 0.3 is 6.03 Å². The van der Waals surface area contributed by atoms with E-state index in [2.05, 4.69) is 5.32 Å². The van der Waals surface area contributed by atoms with Gasteiger partial charge in [-0.15, -0.1) is 0 Å². The molecule has 150 valence electrons. The van der Waals surface area contributed by atoms with E-state index < -0.39 is 16.1 Å². The molecule has 3 amide bonds. The maximum atomic E-state index is 12.5. The first kappa shape index (κ1) is 21.2. The number of sulfonamides is 1. The van der Waals surface area contributed by atoms with Crippen molar-refractivity contribution in [2.24, 2.45) is 5.73 Å². The van der Waals surface area contributed by atoms with Gasteiger partial charge in [-0.3, -0.25) is 4.79 Å². The summed E-state index contributed by atoms with van der Waals surface area (Å²) in [6.45, 7) is 2.04. The van der Waals surface area contributed by atoms with E-state index in [1.165, 1.54) is 4.31 Å². The second-order valence-electron chi connectivity index (χ2n) is 6.62. The van der Waals surface area contributed by atoms with Gasteiger partial charge in [0, 0.05) is 39.1 Å². The molecule has 0 aliphatic carbocycles. The normalized spacial score (nSPS) is 15.5. The highest BCUT2D eigenvalue weighted by Gasteiger charge is 2.28. The molecular formula is C18H28N4O4S. The number of benzene rings is 1. The van der Waals surface area contributed by atoms with Gasteiger partial charge in [-0.2, -0.15) is 4.31 Å². The molecular weight excluding hydrogens is 368 g/mol. The van der Waals surface area contributed by atoms with Crippen LogP contribution in [0.2, 0.25) is 0 Å². The standard InChI is InChI=1S/C18H28N4O4S/c19-18(24)20-10-6-2-5-9-17(23)21-11-13-22(14-12-21)27(25,26)15-16-7-3-1-4-8-16/h1,3-4,7-8H,2,5-6,9-15H2,(H3,19,20,24). The van der Waals surface area contributed by atoms with Gasteiger partial charge in [-0.25, -0.2) is 13.2 Å². The van der Waals surface area contributed by atoms with Crippen LogP contribution in [0.5, 0.6) is 0 Å². The number of urea groups is 1. The number of primary amides is 1. The maximum absolute atomic E-state index is 12.5. The average Bonchev–Trinajstić information content (AvgIpc) is 2.64. The van der Waals surface area contributed by atoms with Crippen molar-refractivity contribution in [1.82, 2.24) is 14.5 Å². The average molecular weight is 397 g/mol. The van der Waals surface area contributed by atoms with Crippen molar-refractivity contribution in [2.75, 3.05) is 32.7 Å². The largest absolute Gasteiger partial charge is 0.352 e. The number of nitrogens with one attached hydrogen (secondary N) is 1. The van der Waals surface area contributed by atoms with Crippen molar-refractivity contribution in [1.29, 1.82) is 0 Å². The van der Waals surface area contributed by atoms with E-state index in [-0.39, 0.29) is 11.7 Å². The molecule has 0 spiro atoms. The Morgan fingerprint density at radius 2 is 1.67 bits per heavy atom. The highest BCUT2D eigenvalue weighted by atomic mass is 32.2. The molecule has 1 aliphatic heterocycles. The molecule has 3 N–H and O–H groups in total. The summed E-state index contributed by atoms with van der Waals surface area (Å²) in [6.07, 6.45) is 2.79. The monoisotopic (exact) mass is 396 g/mol. The van der Waals surface area contributed by atoms with Crippen LogP contribution in [0.3, 0.4) is 0 Å². The number of nitrogens with two attached hydrogens (primary N) is 1. The van der Waals surface area contributed by atoms with E-state index >= 15 is 0 Å². The number of nitrogens with zero attached hydrogens (tertiary/aromatic N) is 2. The van der Waals surface area contributed by atoms with E-state index in [0.717, 1.165) is 24.8 Å². The van der Waals surface area contributed by atoms with Crippen LogP contribution in [-0.2, 0) is 20.6 Å². The van der Waals surface area contributed by atoms with Gasteiger partial charge in [-0.05, 0) is 18.4 Å². The van der Waals surface area contributed by atoms with Crippen LogP contribution in [0.1, 0.15) is 31.2 Å². The number of rotatable bonds is 9. The lowest BCUT2D eigenvalue weighted by molar-refractivity contribution is -0.132. The zero-order chi connectivity index (χ0) is 19.7. The van der Waals surface area contributed by atoms with Crippen LogP contribution < -0.4 is 11.1 Å². The van der Waals surface area contributed by atoms with Crippen molar-refractivity contribution in [3.63, 3.8) is 0 Å². The third-order valence-corrected chi connectivity index (χ3v) is 6.39. The Bertz CT molecular complexity index is 716. The lowest BCUT2D eigenvalue weighted by Crippen LogP contribution is -2.50. The molecule has 1 heterocycles. The van der Waals surface area contributed by atoms with Crippen LogP contribution in [0, 0.1) is 0 Å². The van der Waals surface area contributed by atoms with Gasteiger partial charge < -0.3 is 16.0 Å². The number of hydrogen-bond acceptors (Lipinski definition) is 4. The zero-order valence-electron chi connectivity index (χ0n) is 15.5. The van der Waals surface area contributed by atoms with Crippen LogP contribution >= 0.6 is 0 Å². The Balaban J connectivity index is 1.69. The van der Waals surface area contributed by atoms with Crippen LogP contribution in [0.25, 0.3) is 0 Å². The van der Waals surface area contributed by atoms with Crippen LogP contribution in [-0.4, -0.2) is 62.3 Å². The lowest BCUT2D eigenvalue weighted by Gasteiger charge is -2.34. The summed E-state index contributed by atoms with van der Waals surface area (Å²) in [6, 6.07) is 8.57. The minimum absolute atomic E-state index is 0.0128. The molecule has 0 radical (unpaired) electrons. The van der Waals surface area contributed by atoms with Crippen molar-refractivity contribution in [2.45, 2.75) is 31.4 Å². The van der Waals surface area contributed by atoms with Crippen molar-refractivity contribution in [3.8, 4) is 0 Å². The van der Waals surface area contributed by atoms with E-state index in [9.17, 15) is 18.0 Å². The maximum Gasteiger partial charge on any atom is 0.312 e. The van der Waals surface area contributed by atoms with E-state index in [1.807, 2.05) is 18.2 Å². The summed E-state index contributed by atoms with van der Waals surface area (Å²) in [5.74, 6) is 0.0409. The molecule has 0 bridgehead atoms. The van der Waals surface area contributed by atoms with E-state index in [1.54, 1.807) is 17.0 Å². The molecule has 0 saturated carbocycles. The second-order valence-corrected chi connectivity index (χ2v) is 8.59. The number of hydrogen-bond donors (Lipinski definition) is 2. The SMILES string of the molecule is NC(=O)NCCCCCC(=O)N1CCN(S(=O)(=O)Cc2ccccc2)CC1. The fourth-order valence-corrected chi connectivity index (χ4v) is 4.56. The van der Waals surface area contributed by atoms with Crippen molar-refractivity contribution < 1.29 is 18.0 Å². The molecule has 1 aliphatic rings. The number of unbranched alkanes of at least 4 members (excludes halogenated alkanes) is 2. The summed E-state index contributed by atoms with van der Waals surface area (Å²) in [4.78, 5) is 24.5. The molecule has 0 aromatic heterocycles. The Hall–Kier alpha value is -2.13. The first-order valence-corrected chi connectivity index (χ1v) is 10.8. The van der Waals surface area contributed by atoms with Crippen LogP contribution in [0.15, 0.2) is 30.3 Å². The fraction of sp³-hybridized carbons (Fsp3) is 0.556. The third-order valence-electron chi connectivity index (χ3n) is 4.54. The summed E-state index contributed by atoms with van der Waals surface area (Å²) in [5, 5.41) is 2.51. The molecule has 8 nitrogen and oxygen atoms in total. The molecule has 1 aromatic rings. The van der Waals surface area contributed by atoms with Crippen molar-refractivity contribution >= 4 is 22.0 Å². The predicted octanol–water partition coefficient (Wildman–Crippen LogP) is 0.889. The fourth-order valence-electron chi connectivity index (χ4n) is 3.04. The van der Waals surface area contributed by atoms with Gasteiger partial charge in [-0.1, -0.05) is 36.8 Å². The van der Waals surface area contributed by atoms with Gasteiger partial charge in [0.25, 0.3) is 0 Å². The second kappa shape index (κ2) is 10.3. The molecule has 1 aromatic carbocycles. The summed E-state index contributed by atoms with van der Waals surface area (Å²) in [5.41, 5.74) is 5.75. The highest BCUT2D eigenvalue weighted by molar-refractivity contribution is 7.88. The third kappa shape index (κ3) is 7.18. The van der Waals surface area contributed by atoms with E-state index in [0.29, 0.717) is 39.1 Å². The minimum atomic E-state index is -3.37. The molecule has 0 atom stereocenters. The summed E-state index contributed by atoms with van der Waals surface area (Å²) in [7, 11) is -3.37. The first-order chi connectivity index (χ1) is 12.9. The van der Waals surface area contributed by atoms with Gasteiger partial charge in [0.1, 0.15) is 0 Å². The van der Waals surface area contributed by atoms with Crippen molar-refractivity contribution in [3.05, 3.63) is 35.9 Å². The summed E-state index contributed by atoms with van der Waals surface area (Å²) >= 11 is 0. The number of amides is 3. The van der Waals surface area contributed by atoms with Gasteiger partial charge in [0.2, 0.25) is 15.9 Å². The Morgan fingerprint density at radius 3 is 2.30 bits per heavy atom. The number of carbonyl (C=O) groups excluding carboxylic acids is 2. The molecule has 1 saturated heterocycles. The highest BCUT2D eigenvalue weighted by Crippen LogP contribution is 2.14. The number of piperazine rings is 1. The van der Waals surface area contributed by atoms with E-state index in [4.69, 9.17) is 5.73 Å². The zero-order valence-corrected chi connectivity index (χ0v) is 16.3. The smallest absolute Gasteiger partial charge is 0.312 e. The topological polar surface area (TPSA) is 113 Å². The van der Waals surface area contributed by atoms with Gasteiger partial charge in [0.15, 0.2) is 0 Å². The summed E-state index contributed by atoms with van der Waals surface area (Å²) < 4.78 is 26.5.